The number of carbonyl (C=O) groups excluding carboxylic acids is 2. The summed E-state index contributed by atoms with van der Waals surface area (Å²) in [5, 5.41) is 11.2. The molecule has 1 saturated heterocycles. The van der Waals surface area contributed by atoms with Gasteiger partial charge in [-0.25, -0.2) is 13.8 Å². The van der Waals surface area contributed by atoms with Gasteiger partial charge in [0.15, 0.2) is 0 Å². The maximum Gasteiger partial charge on any atom is 0.419 e. The van der Waals surface area contributed by atoms with Crippen molar-refractivity contribution in [3.05, 3.63) is 88.0 Å². The first kappa shape index (κ1) is 29.8. The Hall–Kier alpha value is -4.17. The number of aliphatic carboxylic acids is 1. The summed E-state index contributed by atoms with van der Waals surface area (Å²) in [6, 6.07) is 10.6. The molecule has 41 heavy (non-hydrogen) atoms. The van der Waals surface area contributed by atoms with Crippen molar-refractivity contribution in [2.24, 2.45) is 0 Å². The number of pyridine rings is 1. The Morgan fingerprint density at radius 3 is 2.51 bits per heavy atom. The van der Waals surface area contributed by atoms with E-state index in [9.17, 15) is 36.3 Å². The normalized spacial score (nSPS) is 14.6. The van der Waals surface area contributed by atoms with Crippen molar-refractivity contribution in [2.45, 2.75) is 19.0 Å². The second-order valence-electron chi connectivity index (χ2n) is 8.66. The van der Waals surface area contributed by atoms with Gasteiger partial charge in [0, 0.05) is 18.5 Å². The molecule has 2 heterocycles. The molecule has 212 valence electrons. The molecule has 0 bridgehead atoms. The number of hydrogen-bond donors (Lipinski definition) is 2. The number of halogens is 5. The molecule has 7 nitrogen and oxygen atoms in total. The molecule has 3 aromatic rings. The van der Waals surface area contributed by atoms with E-state index in [1.165, 1.54) is 41.3 Å². The third-order valence-electron chi connectivity index (χ3n) is 5.72. The van der Waals surface area contributed by atoms with E-state index in [0.717, 1.165) is 23.9 Å². The molecule has 0 unspecified atom stereocenters. The van der Waals surface area contributed by atoms with E-state index in [4.69, 9.17) is 17.3 Å². The lowest BCUT2D eigenvalue weighted by atomic mass is 10.1. The number of nitrogens with zero attached hydrogens (tertiary/aromatic N) is 2. The number of amides is 2. The summed E-state index contributed by atoms with van der Waals surface area (Å²) in [6.07, 6.45) is -4.09. The van der Waals surface area contributed by atoms with Crippen LogP contribution >= 0.6 is 24.0 Å². The minimum Gasteiger partial charge on any atom is -0.481 e. The van der Waals surface area contributed by atoms with Gasteiger partial charge in [-0.05, 0) is 54.1 Å². The van der Waals surface area contributed by atoms with Crippen LogP contribution in [0.2, 0.25) is 0 Å². The van der Waals surface area contributed by atoms with Crippen LogP contribution in [0.5, 0.6) is 0 Å². The summed E-state index contributed by atoms with van der Waals surface area (Å²) in [6.45, 7) is -0.115. The Kier molecular flexibility index (Phi) is 8.83. The molecule has 1 aliphatic heterocycles. The number of thiocarbonyl (C=S) groups is 1. The fourth-order valence-corrected chi connectivity index (χ4v) is 5.09. The van der Waals surface area contributed by atoms with Crippen LogP contribution in [0, 0.1) is 11.6 Å². The first-order chi connectivity index (χ1) is 19.3. The van der Waals surface area contributed by atoms with Gasteiger partial charge in [-0.3, -0.25) is 19.3 Å². The number of anilines is 1. The van der Waals surface area contributed by atoms with E-state index >= 15 is 0 Å². The largest absolute Gasteiger partial charge is 0.481 e. The molecule has 2 amide bonds. The first-order valence-electron chi connectivity index (χ1n) is 11.7. The molecule has 0 atom stereocenters. The molecule has 1 aliphatic rings. The average Bonchev–Trinajstić information content (AvgIpc) is 3.15. The Morgan fingerprint density at radius 1 is 1.07 bits per heavy atom. The third kappa shape index (κ3) is 7.32. The molecule has 0 radical (unpaired) electrons. The van der Waals surface area contributed by atoms with Gasteiger partial charge in [-0.2, -0.15) is 13.2 Å². The van der Waals surface area contributed by atoms with Crippen molar-refractivity contribution in [3.8, 4) is 11.3 Å². The number of aromatic nitrogens is 1. The van der Waals surface area contributed by atoms with E-state index in [1.54, 1.807) is 0 Å². The van der Waals surface area contributed by atoms with Crippen LogP contribution in [0.1, 0.15) is 23.2 Å². The standard InChI is InChI=1S/C27H18F5N3O4S2/c28-18-6-5-15(12-17(18)27(30,31)32)20-3-1-2-16(33-20)13-22-25(39)35(26(40)41-22)9-8-23(36)34-21-7-4-14(10-19(21)29)11-24(37)38/h1-7,10,12-13H,8-9,11H2,(H,34,36)(H,37,38)/b22-13-. The fraction of sp³-hybridized carbons (Fsp3) is 0.148. The van der Waals surface area contributed by atoms with E-state index in [-0.39, 0.29) is 56.8 Å². The third-order valence-corrected chi connectivity index (χ3v) is 7.09. The van der Waals surface area contributed by atoms with Gasteiger partial charge < -0.3 is 10.4 Å². The highest BCUT2D eigenvalue weighted by Crippen LogP contribution is 2.35. The second-order valence-corrected chi connectivity index (χ2v) is 10.3. The maximum absolute atomic E-state index is 14.2. The molecule has 4 rings (SSSR count). The number of carboxylic acids is 1. The van der Waals surface area contributed by atoms with Gasteiger partial charge in [0.1, 0.15) is 16.0 Å². The van der Waals surface area contributed by atoms with Gasteiger partial charge in [0.05, 0.1) is 34.0 Å². The van der Waals surface area contributed by atoms with E-state index in [0.29, 0.717) is 12.1 Å². The lowest BCUT2D eigenvalue weighted by Gasteiger charge is -2.14. The predicted molar refractivity (Wildman–Crippen MR) is 145 cm³/mol. The van der Waals surface area contributed by atoms with Gasteiger partial charge in [0.25, 0.3) is 5.91 Å². The van der Waals surface area contributed by atoms with Crippen molar-refractivity contribution in [1.29, 1.82) is 0 Å². The van der Waals surface area contributed by atoms with E-state index in [2.05, 4.69) is 10.3 Å². The summed E-state index contributed by atoms with van der Waals surface area (Å²) in [5.74, 6) is -4.48. The molecular formula is C27H18F5N3O4S2. The minimum absolute atomic E-state index is 0.0282. The highest BCUT2D eigenvalue weighted by molar-refractivity contribution is 8.26. The van der Waals surface area contributed by atoms with Gasteiger partial charge in [-0.1, -0.05) is 36.1 Å². The van der Waals surface area contributed by atoms with E-state index < -0.39 is 41.2 Å². The Labute approximate surface area is 239 Å². The smallest absolute Gasteiger partial charge is 0.419 e. The average molecular weight is 608 g/mol. The SMILES string of the molecule is O=C(O)Cc1ccc(NC(=O)CCN2C(=O)/C(=C/c3cccc(-c4ccc(F)c(C(F)(F)F)c4)n3)SC2=S)c(F)c1. The predicted octanol–water partition coefficient (Wildman–Crippen LogP) is 5.90. The molecule has 0 saturated carbocycles. The summed E-state index contributed by atoms with van der Waals surface area (Å²) < 4.78 is 67.4. The minimum atomic E-state index is -4.89. The lowest BCUT2D eigenvalue weighted by Crippen LogP contribution is -2.31. The number of thioether (sulfide) groups is 1. The number of alkyl halides is 3. The van der Waals surface area contributed by atoms with Gasteiger partial charge in [0.2, 0.25) is 5.91 Å². The van der Waals surface area contributed by atoms with Crippen LogP contribution in [0.3, 0.4) is 0 Å². The molecule has 0 aliphatic carbocycles. The molecule has 1 fully saturated rings. The zero-order valence-corrected chi connectivity index (χ0v) is 22.3. The van der Waals surface area contributed by atoms with Crippen molar-refractivity contribution >= 4 is 57.8 Å². The van der Waals surface area contributed by atoms with Crippen molar-refractivity contribution in [3.63, 3.8) is 0 Å². The van der Waals surface area contributed by atoms with Gasteiger partial charge in [-0.15, -0.1) is 0 Å². The quantitative estimate of drug-likeness (QED) is 0.187. The Balaban J connectivity index is 1.42. The zero-order valence-electron chi connectivity index (χ0n) is 20.7. The Morgan fingerprint density at radius 2 is 1.83 bits per heavy atom. The number of hydrogen-bond acceptors (Lipinski definition) is 6. The Bertz CT molecular complexity index is 1590. The monoisotopic (exact) mass is 607 g/mol. The first-order valence-corrected chi connectivity index (χ1v) is 12.9. The molecular weight excluding hydrogens is 589 g/mol. The van der Waals surface area contributed by atoms with E-state index in [1.807, 2.05) is 0 Å². The molecule has 14 heteroatoms. The molecule has 2 N–H and O–H groups in total. The van der Waals surface area contributed by atoms with Crippen molar-refractivity contribution < 1.29 is 41.4 Å². The second kappa shape index (κ2) is 12.1. The molecule has 1 aromatic heterocycles. The van der Waals surface area contributed by atoms with Crippen molar-refractivity contribution in [1.82, 2.24) is 9.88 Å². The maximum atomic E-state index is 14.2. The lowest BCUT2D eigenvalue weighted by molar-refractivity contribution is -0.140. The highest BCUT2D eigenvalue weighted by atomic mass is 32.2. The van der Waals surface area contributed by atoms with Crippen LogP contribution in [-0.4, -0.2) is 43.6 Å². The summed E-state index contributed by atoms with van der Waals surface area (Å²) in [4.78, 5) is 41.7. The number of nitrogens with one attached hydrogen (secondary N) is 1. The van der Waals surface area contributed by atoms with Crippen LogP contribution in [0.15, 0.2) is 59.5 Å². The van der Waals surface area contributed by atoms with Crippen LogP contribution in [0.4, 0.5) is 27.6 Å². The zero-order chi connectivity index (χ0) is 29.9. The van der Waals surface area contributed by atoms with Crippen LogP contribution in [-0.2, 0) is 27.0 Å². The molecule has 2 aromatic carbocycles. The van der Waals surface area contributed by atoms with Crippen molar-refractivity contribution in [2.75, 3.05) is 11.9 Å². The fourth-order valence-electron chi connectivity index (χ4n) is 3.79. The number of rotatable bonds is 8. The van der Waals surface area contributed by atoms with Crippen LogP contribution < -0.4 is 5.32 Å². The number of carbonyl (C=O) groups is 3. The topological polar surface area (TPSA) is 99.6 Å². The van der Waals surface area contributed by atoms with Crippen LogP contribution in [0.25, 0.3) is 17.3 Å². The molecule has 0 spiro atoms. The number of carboxylic acid groups (broad SMARTS) is 1. The highest BCUT2D eigenvalue weighted by Gasteiger charge is 2.35. The summed E-state index contributed by atoms with van der Waals surface area (Å²) in [5.41, 5.74) is -0.962. The summed E-state index contributed by atoms with van der Waals surface area (Å²) >= 11 is 6.19. The van der Waals surface area contributed by atoms with Gasteiger partial charge >= 0.3 is 12.1 Å². The number of benzene rings is 2. The summed E-state index contributed by atoms with van der Waals surface area (Å²) in [7, 11) is 0.